The molecule has 4 heteroatoms. The van der Waals surface area contributed by atoms with Crippen LogP contribution in [0.15, 0.2) is 24.5 Å². The topological polar surface area (TPSA) is 58.6 Å². The first-order valence-electron chi connectivity index (χ1n) is 4.23. The van der Waals surface area contributed by atoms with E-state index in [2.05, 4.69) is 15.2 Å². The molecule has 0 bridgehead atoms. The van der Waals surface area contributed by atoms with Gasteiger partial charge in [0.05, 0.1) is 0 Å². The summed E-state index contributed by atoms with van der Waals surface area (Å²) in [7, 11) is 0. The molecule has 4 nitrogen and oxygen atoms in total. The highest BCUT2D eigenvalue weighted by Crippen LogP contribution is 2.23. The molecule has 0 radical (unpaired) electrons. The fraction of sp³-hybridized carbons (Fsp3) is 0.100. The standard InChI is InChI=1S/C10H9N3O/c1-7-10(9(6-14)13-12-7)8-2-4-11-5-3-8/h2-6H,1H3,(H,12,13). The van der Waals surface area contributed by atoms with Crippen LogP contribution >= 0.6 is 0 Å². The number of rotatable bonds is 2. The van der Waals surface area contributed by atoms with Gasteiger partial charge in [-0.05, 0) is 24.6 Å². The molecule has 0 aliphatic heterocycles. The number of nitrogens with zero attached hydrogens (tertiary/aromatic N) is 2. The average molecular weight is 187 g/mol. The number of nitrogens with one attached hydrogen (secondary N) is 1. The lowest BCUT2D eigenvalue weighted by Crippen LogP contribution is -1.85. The normalized spacial score (nSPS) is 10.1. The van der Waals surface area contributed by atoms with Crippen LogP contribution in [0.25, 0.3) is 11.1 Å². The Balaban J connectivity index is 2.61. The largest absolute Gasteiger partial charge is 0.296 e. The van der Waals surface area contributed by atoms with Gasteiger partial charge in [-0.3, -0.25) is 14.9 Å². The van der Waals surface area contributed by atoms with Gasteiger partial charge in [0.2, 0.25) is 0 Å². The lowest BCUT2D eigenvalue weighted by molar-refractivity contribution is 0.111. The third kappa shape index (κ3) is 1.31. The Kier molecular flexibility index (Phi) is 2.10. The number of carbonyl (C=O) groups is 1. The maximum atomic E-state index is 10.7. The monoisotopic (exact) mass is 187 g/mol. The van der Waals surface area contributed by atoms with Crippen LogP contribution in [0.1, 0.15) is 16.2 Å². The highest BCUT2D eigenvalue weighted by molar-refractivity contribution is 5.86. The van der Waals surface area contributed by atoms with E-state index in [1.165, 1.54) is 0 Å². The third-order valence-electron chi connectivity index (χ3n) is 2.06. The molecule has 2 rings (SSSR count). The number of pyridine rings is 1. The van der Waals surface area contributed by atoms with E-state index < -0.39 is 0 Å². The number of hydrogen-bond donors (Lipinski definition) is 1. The first-order valence-corrected chi connectivity index (χ1v) is 4.23. The van der Waals surface area contributed by atoms with Gasteiger partial charge in [0.25, 0.3) is 0 Å². The lowest BCUT2D eigenvalue weighted by atomic mass is 10.1. The molecule has 2 aromatic heterocycles. The number of aromatic nitrogens is 3. The minimum atomic E-state index is 0.439. The number of aldehydes is 1. The maximum absolute atomic E-state index is 10.7. The van der Waals surface area contributed by atoms with E-state index in [4.69, 9.17) is 0 Å². The van der Waals surface area contributed by atoms with Crippen molar-refractivity contribution < 1.29 is 4.79 Å². The van der Waals surface area contributed by atoms with Crippen molar-refractivity contribution in [3.8, 4) is 11.1 Å². The van der Waals surface area contributed by atoms with E-state index in [-0.39, 0.29) is 0 Å². The molecule has 0 amide bonds. The van der Waals surface area contributed by atoms with E-state index in [0.717, 1.165) is 23.1 Å². The third-order valence-corrected chi connectivity index (χ3v) is 2.06. The Morgan fingerprint density at radius 3 is 2.71 bits per heavy atom. The molecular formula is C10H9N3O. The Morgan fingerprint density at radius 2 is 2.07 bits per heavy atom. The summed E-state index contributed by atoms with van der Waals surface area (Å²) in [5.74, 6) is 0. The second-order valence-corrected chi connectivity index (χ2v) is 2.96. The molecule has 1 N–H and O–H groups in total. The first kappa shape index (κ1) is 8.62. The van der Waals surface area contributed by atoms with Crippen molar-refractivity contribution >= 4 is 6.29 Å². The first-order chi connectivity index (χ1) is 6.83. The molecule has 14 heavy (non-hydrogen) atoms. The molecule has 2 heterocycles. The Morgan fingerprint density at radius 1 is 1.36 bits per heavy atom. The number of aromatic amines is 1. The van der Waals surface area contributed by atoms with Gasteiger partial charge < -0.3 is 0 Å². The lowest BCUT2D eigenvalue weighted by Gasteiger charge is -1.98. The van der Waals surface area contributed by atoms with Crippen LogP contribution in [-0.2, 0) is 0 Å². The summed E-state index contributed by atoms with van der Waals surface area (Å²) in [6.45, 7) is 1.88. The second-order valence-electron chi connectivity index (χ2n) is 2.96. The second kappa shape index (κ2) is 3.41. The SMILES string of the molecule is Cc1[nH]nc(C=O)c1-c1ccncc1. The predicted molar refractivity (Wildman–Crippen MR) is 51.9 cm³/mol. The van der Waals surface area contributed by atoms with Crippen LogP contribution in [0, 0.1) is 6.92 Å². The van der Waals surface area contributed by atoms with Crippen molar-refractivity contribution in [3.05, 3.63) is 35.9 Å². The van der Waals surface area contributed by atoms with Gasteiger partial charge in [-0.15, -0.1) is 0 Å². The Hall–Kier alpha value is -1.97. The summed E-state index contributed by atoms with van der Waals surface area (Å²) >= 11 is 0. The van der Waals surface area contributed by atoms with Crippen LogP contribution in [0.2, 0.25) is 0 Å². The Labute approximate surface area is 81.0 Å². The predicted octanol–water partition coefficient (Wildman–Crippen LogP) is 1.59. The molecule has 0 saturated carbocycles. The van der Waals surface area contributed by atoms with E-state index >= 15 is 0 Å². The molecule has 0 aliphatic carbocycles. The Bertz CT molecular complexity index is 448. The molecule has 2 aromatic rings. The molecule has 0 unspecified atom stereocenters. The molecule has 0 aliphatic rings. The number of carbonyl (C=O) groups excluding carboxylic acids is 1. The average Bonchev–Trinajstić information content (AvgIpc) is 2.61. The number of hydrogen-bond acceptors (Lipinski definition) is 3. The molecule has 0 aromatic carbocycles. The summed E-state index contributed by atoms with van der Waals surface area (Å²) in [5, 5.41) is 6.68. The highest BCUT2D eigenvalue weighted by atomic mass is 16.1. The van der Waals surface area contributed by atoms with Gasteiger partial charge >= 0.3 is 0 Å². The van der Waals surface area contributed by atoms with E-state index in [9.17, 15) is 4.79 Å². The summed E-state index contributed by atoms with van der Waals surface area (Å²) in [6, 6.07) is 3.70. The van der Waals surface area contributed by atoms with Crippen molar-refractivity contribution in [3.63, 3.8) is 0 Å². The minimum absolute atomic E-state index is 0.439. The van der Waals surface area contributed by atoms with Crippen LogP contribution in [0.3, 0.4) is 0 Å². The maximum Gasteiger partial charge on any atom is 0.170 e. The molecule has 0 saturated heterocycles. The zero-order valence-electron chi connectivity index (χ0n) is 7.69. The van der Waals surface area contributed by atoms with E-state index in [1.807, 2.05) is 19.1 Å². The molecule has 0 spiro atoms. The van der Waals surface area contributed by atoms with Crippen molar-refractivity contribution in [2.75, 3.05) is 0 Å². The zero-order valence-corrected chi connectivity index (χ0v) is 7.69. The molecule has 70 valence electrons. The van der Waals surface area contributed by atoms with E-state index in [1.54, 1.807) is 12.4 Å². The van der Waals surface area contributed by atoms with Gasteiger partial charge in [0.15, 0.2) is 6.29 Å². The summed E-state index contributed by atoms with van der Waals surface area (Å²) < 4.78 is 0. The summed E-state index contributed by atoms with van der Waals surface area (Å²) in [5.41, 5.74) is 3.13. The van der Waals surface area contributed by atoms with Gasteiger partial charge in [0.1, 0.15) is 5.69 Å². The zero-order chi connectivity index (χ0) is 9.97. The molecule has 0 fully saturated rings. The number of H-pyrrole nitrogens is 1. The van der Waals surface area contributed by atoms with Crippen LogP contribution < -0.4 is 0 Å². The van der Waals surface area contributed by atoms with Crippen molar-refractivity contribution in [1.29, 1.82) is 0 Å². The molecular weight excluding hydrogens is 178 g/mol. The highest BCUT2D eigenvalue weighted by Gasteiger charge is 2.10. The van der Waals surface area contributed by atoms with Crippen LogP contribution in [0.4, 0.5) is 0 Å². The smallest absolute Gasteiger partial charge is 0.170 e. The summed E-state index contributed by atoms with van der Waals surface area (Å²) in [4.78, 5) is 14.6. The summed E-state index contributed by atoms with van der Waals surface area (Å²) in [6.07, 6.45) is 4.13. The van der Waals surface area contributed by atoms with Crippen molar-refractivity contribution in [2.45, 2.75) is 6.92 Å². The van der Waals surface area contributed by atoms with Gasteiger partial charge in [0, 0.05) is 23.7 Å². The van der Waals surface area contributed by atoms with Crippen molar-refractivity contribution in [1.82, 2.24) is 15.2 Å². The van der Waals surface area contributed by atoms with Crippen molar-refractivity contribution in [2.24, 2.45) is 0 Å². The number of aryl methyl sites for hydroxylation is 1. The fourth-order valence-corrected chi connectivity index (χ4v) is 1.42. The minimum Gasteiger partial charge on any atom is -0.296 e. The fourth-order valence-electron chi connectivity index (χ4n) is 1.42. The van der Waals surface area contributed by atoms with Gasteiger partial charge in [-0.2, -0.15) is 5.10 Å². The van der Waals surface area contributed by atoms with Gasteiger partial charge in [-0.25, -0.2) is 0 Å². The van der Waals surface area contributed by atoms with E-state index in [0.29, 0.717) is 5.69 Å². The quantitative estimate of drug-likeness (QED) is 0.726. The van der Waals surface area contributed by atoms with Crippen LogP contribution in [-0.4, -0.2) is 21.5 Å². The van der Waals surface area contributed by atoms with Crippen LogP contribution in [0.5, 0.6) is 0 Å². The molecule has 0 atom stereocenters. The van der Waals surface area contributed by atoms with Gasteiger partial charge in [-0.1, -0.05) is 0 Å².